The molecule has 1 saturated carbocycles. The lowest BCUT2D eigenvalue weighted by Gasteiger charge is -2.40. The van der Waals surface area contributed by atoms with E-state index in [9.17, 15) is 0 Å². The van der Waals surface area contributed by atoms with Crippen LogP contribution in [0.25, 0.3) is 0 Å². The van der Waals surface area contributed by atoms with Crippen molar-refractivity contribution in [2.45, 2.75) is 49.8 Å². The summed E-state index contributed by atoms with van der Waals surface area (Å²) in [4.78, 5) is 6.72. The predicted octanol–water partition coefficient (Wildman–Crippen LogP) is 3.64. The first-order valence-electron chi connectivity index (χ1n) is 10.9. The van der Waals surface area contributed by atoms with Gasteiger partial charge in [0.25, 0.3) is 0 Å². The van der Waals surface area contributed by atoms with Gasteiger partial charge in [-0.3, -0.25) is 9.67 Å². The number of nitrogens with one attached hydrogen (secondary N) is 2. The molecule has 1 spiro atoms. The lowest BCUT2D eigenvalue weighted by molar-refractivity contribution is 0.0396. The molecule has 1 fully saturated rings. The first-order chi connectivity index (χ1) is 14.5. The Morgan fingerprint density at radius 3 is 2.71 bits per heavy atom. The second-order valence-corrected chi connectivity index (χ2v) is 8.81. The van der Waals surface area contributed by atoms with Gasteiger partial charge >= 0.3 is 0 Å². The van der Waals surface area contributed by atoms with Crippen molar-refractivity contribution in [1.82, 2.24) is 25.3 Å². The van der Waals surface area contributed by atoms with Crippen LogP contribution in [0.4, 0.5) is 0 Å². The highest BCUT2D eigenvalue weighted by Gasteiger charge is 2.43. The average Bonchev–Trinajstić information content (AvgIpc) is 3.36. The van der Waals surface area contributed by atoms with Gasteiger partial charge in [0.2, 0.25) is 0 Å². The maximum Gasteiger partial charge on any atom is 0.191 e. The van der Waals surface area contributed by atoms with Crippen LogP contribution in [0, 0.1) is 0 Å². The molecule has 0 bridgehead atoms. The molecule has 0 radical (unpaired) electrons. The monoisotopic (exact) mass is 538 g/mol. The van der Waals surface area contributed by atoms with Crippen molar-refractivity contribution >= 4 is 29.9 Å². The van der Waals surface area contributed by atoms with Gasteiger partial charge in [-0.2, -0.15) is 5.10 Å². The molecule has 0 amide bonds. The fourth-order valence-electron chi connectivity index (χ4n) is 4.84. The number of para-hydroxylation sites is 1. The van der Waals surface area contributed by atoms with Crippen LogP contribution >= 0.6 is 24.0 Å². The van der Waals surface area contributed by atoms with E-state index in [4.69, 9.17) is 4.74 Å². The zero-order chi connectivity index (χ0) is 21.1. The number of aryl methyl sites for hydroxylation is 1. The zero-order valence-corrected chi connectivity index (χ0v) is 21.3. The number of hydrogen-bond donors (Lipinski definition) is 2. The third-order valence-electron chi connectivity index (χ3n) is 6.44. The lowest BCUT2D eigenvalue weighted by Crippen LogP contribution is -2.47. The normalized spacial score (nSPS) is 20.7. The molecule has 2 atom stereocenters. The van der Waals surface area contributed by atoms with Gasteiger partial charge < -0.3 is 20.3 Å². The summed E-state index contributed by atoms with van der Waals surface area (Å²) in [5.74, 6) is 1.83. The van der Waals surface area contributed by atoms with Gasteiger partial charge in [-0.05, 0) is 45.8 Å². The topological polar surface area (TPSA) is 66.7 Å². The Hall–Kier alpha value is -1.81. The highest BCUT2D eigenvalue weighted by Crippen LogP contribution is 2.46. The standard InChI is InChI=1S/C23H34N6O.HI/c1-24-22(25-15-20(28(2)3)17-14-26-29(4)16-17)27-19-13-23(11-7-8-12-23)30-21-10-6-5-9-18(19)21;/h5-6,9-10,14,16,19-20H,7-8,11-13,15H2,1-4H3,(H2,24,25,27);1H. The van der Waals surface area contributed by atoms with E-state index >= 15 is 0 Å². The van der Waals surface area contributed by atoms with E-state index < -0.39 is 0 Å². The Morgan fingerprint density at radius 2 is 2.06 bits per heavy atom. The smallest absolute Gasteiger partial charge is 0.191 e. The van der Waals surface area contributed by atoms with Crippen LogP contribution < -0.4 is 15.4 Å². The summed E-state index contributed by atoms with van der Waals surface area (Å²) in [7, 11) is 7.97. The Kier molecular flexibility index (Phi) is 7.85. The molecule has 4 rings (SSSR count). The molecular weight excluding hydrogens is 503 g/mol. The fourth-order valence-corrected chi connectivity index (χ4v) is 4.84. The van der Waals surface area contributed by atoms with Crippen LogP contribution in [-0.4, -0.2) is 53.9 Å². The number of fused-ring (bicyclic) bond motifs is 1. The van der Waals surface area contributed by atoms with Crippen molar-refractivity contribution in [3.8, 4) is 5.75 Å². The molecule has 2 N–H and O–H groups in total. The maximum absolute atomic E-state index is 6.50. The third-order valence-corrected chi connectivity index (χ3v) is 6.44. The van der Waals surface area contributed by atoms with Gasteiger partial charge in [0, 0.05) is 44.4 Å². The number of halogens is 1. The molecule has 1 aromatic heterocycles. The van der Waals surface area contributed by atoms with E-state index in [0.717, 1.165) is 37.5 Å². The molecule has 7 nitrogen and oxygen atoms in total. The van der Waals surface area contributed by atoms with E-state index in [-0.39, 0.29) is 41.7 Å². The number of guanidine groups is 1. The molecule has 8 heteroatoms. The Bertz CT molecular complexity index is 890. The summed E-state index contributed by atoms with van der Waals surface area (Å²) in [6.07, 6.45) is 9.74. The predicted molar refractivity (Wildman–Crippen MR) is 135 cm³/mol. The maximum atomic E-state index is 6.50. The Balaban J connectivity index is 0.00000272. The molecule has 170 valence electrons. The highest BCUT2D eigenvalue weighted by molar-refractivity contribution is 14.0. The summed E-state index contributed by atoms with van der Waals surface area (Å²) in [5, 5.41) is 11.5. The van der Waals surface area contributed by atoms with E-state index in [1.807, 2.05) is 25.0 Å². The fraction of sp³-hybridized carbons (Fsp3) is 0.565. The molecule has 1 aliphatic heterocycles. The van der Waals surface area contributed by atoms with E-state index in [1.165, 1.54) is 24.0 Å². The summed E-state index contributed by atoms with van der Waals surface area (Å²) < 4.78 is 8.35. The SMILES string of the molecule is CN=C(NCC(c1cnn(C)c1)N(C)C)NC1CC2(CCCC2)Oc2ccccc21.I. The van der Waals surface area contributed by atoms with Crippen LogP contribution in [0.2, 0.25) is 0 Å². The number of likely N-dealkylation sites (N-methyl/N-ethyl adjacent to an activating group) is 1. The van der Waals surface area contributed by atoms with Crippen LogP contribution in [0.1, 0.15) is 55.3 Å². The lowest BCUT2D eigenvalue weighted by atomic mass is 9.86. The second-order valence-electron chi connectivity index (χ2n) is 8.81. The van der Waals surface area contributed by atoms with Crippen LogP contribution in [0.5, 0.6) is 5.75 Å². The first-order valence-corrected chi connectivity index (χ1v) is 10.9. The Morgan fingerprint density at radius 1 is 1.32 bits per heavy atom. The van der Waals surface area contributed by atoms with E-state index in [2.05, 4.69) is 70.2 Å². The van der Waals surface area contributed by atoms with Crippen LogP contribution in [0.15, 0.2) is 41.7 Å². The van der Waals surface area contributed by atoms with E-state index in [1.54, 1.807) is 0 Å². The van der Waals surface area contributed by atoms with Gasteiger partial charge in [0.15, 0.2) is 5.96 Å². The number of aromatic nitrogens is 2. The number of ether oxygens (including phenoxy) is 1. The highest BCUT2D eigenvalue weighted by atomic mass is 127. The molecule has 1 aromatic carbocycles. The van der Waals surface area contributed by atoms with Crippen molar-refractivity contribution in [2.75, 3.05) is 27.7 Å². The first kappa shape index (κ1) is 23.8. The molecule has 0 saturated heterocycles. The number of rotatable bonds is 5. The number of nitrogens with zero attached hydrogens (tertiary/aromatic N) is 4. The second kappa shape index (κ2) is 10.2. The van der Waals surface area contributed by atoms with Gasteiger partial charge in [0.05, 0.1) is 18.3 Å². The zero-order valence-electron chi connectivity index (χ0n) is 19.0. The van der Waals surface area contributed by atoms with Gasteiger partial charge in [-0.15, -0.1) is 24.0 Å². The van der Waals surface area contributed by atoms with Crippen molar-refractivity contribution < 1.29 is 4.74 Å². The molecule has 2 unspecified atom stereocenters. The summed E-state index contributed by atoms with van der Waals surface area (Å²) in [6, 6.07) is 8.82. The van der Waals surface area contributed by atoms with Crippen molar-refractivity contribution in [1.29, 1.82) is 0 Å². The molecule has 2 heterocycles. The summed E-state index contributed by atoms with van der Waals surface area (Å²) in [5.41, 5.74) is 2.37. The largest absolute Gasteiger partial charge is 0.487 e. The van der Waals surface area contributed by atoms with Gasteiger partial charge in [0.1, 0.15) is 11.4 Å². The van der Waals surface area contributed by atoms with Crippen molar-refractivity contribution in [3.05, 3.63) is 47.8 Å². The average molecular weight is 538 g/mol. The van der Waals surface area contributed by atoms with Crippen LogP contribution in [-0.2, 0) is 7.05 Å². The van der Waals surface area contributed by atoms with Gasteiger partial charge in [-0.1, -0.05) is 18.2 Å². The summed E-state index contributed by atoms with van der Waals surface area (Å²) in [6.45, 7) is 0.744. The molecule has 2 aromatic rings. The third kappa shape index (κ3) is 5.34. The van der Waals surface area contributed by atoms with E-state index in [0.29, 0.717) is 0 Å². The number of hydrogen-bond acceptors (Lipinski definition) is 4. The summed E-state index contributed by atoms with van der Waals surface area (Å²) >= 11 is 0. The minimum absolute atomic E-state index is 0. The molecular formula is C23H35IN6O. The molecule has 1 aliphatic carbocycles. The minimum Gasteiger partial charge on any atom is -0.487 e. The number of aliphatic imine (C=N–C) groups is 1. The van der Waals surface area contributed by atoms with Crippen molar-refractivity contribution in [2.24, 2.45) is 12.0 Å². The van der Waals surface area contributed by atoms with Crippen LogP contribution in [0.3, 0.4) is 0 Å². The van der Waals surface area contributed by atoms with Gasteiger partial charge in [-0.25, -0.2) is 0 Å². The van der Waals surface area contributed by atoms with Crippen molar-refractivity contribution in [3.63, 3.8) is 0 Å². The molecule has 2 aliphatic rings. The quantitative estimate of drug-likeness (QED) is 0.346. The number of benzene rings is 1. The minimum atomic E-state index is -0.0350. The molecule has 31 heavy (non-hydrogen) atoms. The Labute approximate surface area is 202 Å².